The minimum Gasteiger partial charge on any atom is -0.508 e. The van der Waals surface area contributed by atoms with Gasteiger partial charge in [-0.2, -0.15) is 0 Å². The highest BCUT2D eigenvalue weighted by Crippen LogP contribution is 2.15. The first-order valence-corrected chi connectivity index (χ1v) is 37.6. The molecule has 0 aromatic heterocycles. The molecule has 0 unspecified atom stereocenters. The lowest BCUT2D eigenvalue weighted by molar-refractivity contribution is -0.136. The molecule has 0 heterocycles. The molecule has 47 heteroatoms. The Kier molecular flexibility index (Phi) is 49.7. The highest BCUT2D eigenvalue weighted by Gasteiger charge is 2.36. The van der Waals surface area contributed by atoms with E-state index >= 15 is 0 Å². The number of phenolic OH excluding ortho intramolecular Hbond substituents is 1. The van der Waals surface area contributed by atoms with E-state index in [1.165, 1.54) is 19.1 Å². The first-order valence-electron chi connectivity index (χ1n) is 37.6. The van der Waals surface area contributed by atoms with Gasteiger partial charge < -0.3 is 154 Å². The summed E-state index contributed by atoms with van der Waals surface area (Å²) in [5, 5.41) is 38.3. The highest BCUT2D eigenvalue weighted by molar-refractivity contribution is 5.99. The number of aliphatic imine (C=N–C) groups is 6. The lowest BCUT2D eigenvalue weighted by atomic mass is 10.0. The summed E-state index contributed by atoms with van der Waals surface area (Å²) in [5.74, 6) is -13.0. The zero-order valence-corrected chi connectivity index (χ0v) is 65.8. The second-order valence-corrected chi connectivity index (χ2v) is 26.9. The van der Waals surface area contributed by atoms with Crippen molar-refractivity contribution in [2.45, 2.75) is 202 Å². The number of unbranched alkanes of at least 4 members (excludes halogenated alkanes) is 2. The van der Waals surface area contributed by atoms with Crippen molar-refractivity contribution in [3.05, 3.63) is 29.8 Å². The van der Waals surface area contributed by atoms with Crippen LogP contribution in [0.5, 0.6) is 5.75 Å². The van der Waals surface area contributed by atoms with Gasteiger partial charge in [-0.25, -0.2) is 0 Å². The number of guanidine groups is 6. The standard InChI is InChI=1S/C68H125N33O14/c1-38(102)91-50(36-39-22-24-40(103)25-23-39)54(107)90-37-52(105)92-42(17-13-35-89-68(83)101(2)3)55(108)94-43(14-4-6-28-69)57(110)95-44(15-5-7-29-70)58(111)97-46(19-10-32-86-65(77)78)59(112)98-48(21-12-34-88-67(81)82)61(114)100-49(26-27-51(71)104)62(115)99-47(20-11-33-87-66(79)80)60(113)96-45(18-9-31-85-64(75)76)56(109)93-41(53(72)106)16-8-30-84-63(73)74/h22-25,41-50,103H,4-21,26-37,69-70H2,1-3H3,(H2,71,104)(H2,72,106)(H2,83,89)(H,90,107)(H,91,102)(H,92,105)(H,93,109)(H,94,108)(H,95,110)(H,96,113)(H,97,111)(H,98,112)(H,99,115)(H,100,114)(H4,73,74,84)(H4,75,76,85)(H4,77,78,86)(H4,79,80,87)(H4,81,82,88)/t41-,42-,43-,44-,45-,46-,47-,48-,49-,50-/m0/s1. The summed E-state index contributed by atoms with van der Waals surface area (Å²) >= 11 is 0. The zero-order chi connectivity index (χ0) is 86.5. The molecule has 1 aromatic rings. The third kappa shape index (κ3) is 46.3. The molecule has 10 atom stereocenters. The van der Waals surface area contributed by atoms with E-state index in [-0.39, 0.29) is 203 Å². The van der Waals surface area contributed by atoms with Gasteiger partial charge in [-0.15, -0.1) is 0 Å². The summed E-state index contributed by atoms with van der Waals surface area (Å²) in [6.07, 6.45) is -0.623. The van der Waals surface area contributed by atoms with E-state index in [1.807, 2.05) is 0 Å². The van der Waals surface area contributed by atoms with Crippen molar-refractivity contribution in [1.82, 2.24) is 63.4 Å². The minimum absolute atomic E-state index is 0.00426. The number of nitrogens with one attached hydrogen (secondary N) is 11. The van der Waals surface area contributed by atoms with Gasteiger partial charge in [0.15, 0.2) is 35.8 Å². The molecule has 0 aliphatic carbocycles. The van der Waals surface area contributed by atoms with Gasteiger partial charge in [0.2, 0.25) is 76.8 Å². The van der Waals surface area contributed by atoms with Crippen LogP contribution in [-0.4, -0.2) is 256 Å². The lowest BCUT2D eigenvalue weighted by Crippen LogP contribution is -2.60. The van der Waals surface area contributed by atoms with Gasteiger partial charge in [0.25, 0.3) is 0 Å². The van der Waals surface area contributed by atoms with Gasteiger partial charge >= 0.3 is 0 Å². The number of carbonyl (C=O) groups excluding carboxylic acids is 13. The Morgan fingerprint density at radius 3 is 0.904 bits per heavy atom. The van der Waals surface area contributed by atoms with Crippen LogP contribution in [-0.2, 0) is 68.7 Å². The van der Waals surface area contributed by atoms with Gasteiger partial charge in [0.05, 0.1) is 6.54 Å². The molecule has 0 aliphatic heterocycles. The highest BCUT2D eigenvalue weighted by atomic mass is 16.3. The maximum atomic E-state index is 14.9. The number of aromatic hydroxyl groups is 1. The second-order valence-electron chi connectivity index (χ2n) is 26.9. The zero-order valence-electron chi connectivity index (χ0n) is 65.8. The monoisotopic (exact) mass is 1630 g/mol. The Bertz CT molecular complexity index is 3470. The van der Waals surface area contributed by atoms with Crippen LogP contribution in [0.25, 0.3) is 0 Å². The van der Waals surface area contributed by atoms with Crippen LogP contribution in [0, 0.1) is 0 Å². The number of hydrogen-bond acceptors (Lipinski definition) is 22. The van der Waals surface area contributed by atoms with Crippen molar-refractivity contribution in [1.29, 1.82) is 0 Å². The fraction of sp³-hybridized carbons (Fsp3) is 0.632. The molecular formula is C68H125N33O14. The Morgan fingerprint density at radius 1 is 0.348 bits per heavy atom. The normalized spacial score (nSPS) is 13.6. The van der Waals surface area contributed by atoms with Crippen molar-refractivity contribution >= 4 is 113 Å². The van der Waals surface area contributed by atoms with Crippen molar-refractivity contribution in [2.24, 2.45) is 116 Å². The molecule has 0 radical (unpaired) electrons. The summed E-state index contributed by atoms with van der Waals surface area (Å²) < 4.78 is 0. The molecule has 115 heavy (non-hydrogen) atoms. The van der Waals surface area contributed by atoms with Crippen molar-refractivity contribution < 1.29 is 67.4 Å². The minimum atomic E-state index is -1.73. The molecule has 1 rings (SSSR count). The van der Waals surface area contributed by atoms with Gasteiger partial charge in [-0.3, -0.25) is 92.3 Å². The molecule has 47 nitrogen and oxygen atoms in total. The number of primary amides is 2. The van der Waals surface area contributed by atoms with Crippen LogP contribution < -0.4 is 144 Å². The molecule has 0 aliphatic rings. The predicted octanol–water partition coefficient (Wildman–Crippen LogP) is -11.1. The van der Waals surface area contributed by atoms with E-state index in [1.54, 1.807) is 31.1 Å². The van der Waals surface area contributed by atoms with Gasteiger partial charge in [0, 0.05) is 73.1 Å². The van der Waals surface area contributed by atoms with E-state index in [0.29, 0.717) is 18.4 Å². The van der Waals surface area contributed by atoms with Crippen LogP contribution in [0.1, 0.15) is 141 Å². The summed E-state index contributed by atoms with van der Waals surface area (Å²) in [7, 11) is 3.33. The van der Waals surface area contributed by atoms with Crippen molar-refractivity contribution in [3.63, 3.8) is 0 Å². The van der Waals surface area contributed by atoms with Crippen molar-refractivity contribution in [3.8, 4) is 5.75 Å². The SMILES string of the molecule is CC(=O)N[C@@H](Cc1ccc(O)cc1)C(=O)NCC(=O)N[C@@H](CCCN=C(N)N(C)C)C(=O)N[C@@H](CCCCN)C(=O)N[C@@H](CCCCN)C(=O)N[C@@H](CCCN=C(N)N)C(=O)N[C@@H](CCCN=C(N)N)C(=O)N[C@@H](CCC(N)=O)C(=O)N[C@@H](CCCN=C(N)N)C(=O)N[C@@H](CCCN=C(N)N)C(=O)N[C@@H](CCCN=C(N)N)C(N)=O. The maximum Gasteiger partial charge on any atom is 0.243 e. The molecule has 646 valence electrons. The number of benzene rings is 1. The molecule has 0 fully saturated rings. The average Bonchev–Trinajstić information content (AvgIpc) is 0.856. The summed E-state index contributed by atoms with van der Waals surface area (Å²) in [6, 6.07) is -8.77. The molecule has 0 bridgehead atoms. The lowest BCUT2D eigenvalue weighted by Gasteiger charge is -2.28. The fourth-order valence-corrected chi connectivity index (χ4v) is 10.9. The number of carbonyl (C=O) groups is 13. The van der Waals surface area contributed by atoms with Crippen LogP contribution in [0.3, 0.4) is 0 Å². The molecule has 13 amide bonds. The Labute approximate surface area is 667 Å². The largest absolute Gasteiger partial charge is 0.508 e. The number of rotatable bonds is 59. The molecule has 42 N–H and O–H groups in total. The smallest absolute Gasteiger partial charge is 0.243 e. The van der Waals surface area contributed by atoms with E-state index in [0.717, 1.165) is 0 Å². The van der Waals surface area contributed by atoms with Gasteiger partial charge in [-0.1, -0.05) is 12.1 Å². The third-order valence-electron chi connectivity index (χ3n) is 16.9. The summed E-state index contributed by atoms with van der Waals surface area (Å²) in [4.78, 5) is 207. The molecule has 1 aromatic carbocycles. The second kappa shape index (κ2) is 56.8. The number of hydrogen-bond donors (Lipinski definition) is 27. The number of amides is 13. The van der Waals surface area contributed by atoms with Crippen LogP contribution >= 0.6 is 0 Å². The van der Waals surface area contributed by atoms with E-state index in [4.69, 9.17) is 86.0 Å². The van der Waals surface area contributed by atoms with Gasteiger partial charge in [-0.05, 0) is 153 Å². The Balaban J connectivity index is 3.95. The van der Waals surface area contributed by atoms with E-state index in [2.05, 4.69) is 88.4 Å². The van der Waals surface area contributed by atoms with Crippen LogP contribution in [0.2, 0.25) is 0 Å². The molecule has 0 saturated heterocycles. The van der Waals surface area contributed by atoms with E-state index < -0.39 is 157 Å². The molecular weight excluding hydrogens is 1500 g/mol. The van der Waals surface area contributed by atoms with Crippen LogP contribution in [0.15, 0.2) is 54.2 Å². The Hall–Kier alpha value is -12.3. The predicted molar refractivity (Wildman–Crippen MR) is 432 cm³/mol. The molecule has 0 saturated carbocycles. The summed E-state index contributed by atoms with van der Waals surface area (Å²) in [5.41, 5.74) is 85.1. The number of phenols is 1. The third-order valence-corrected chi connectivity index (χ3v) is 16.9. The van der Waals surface area contributed by atoms with E-state index in [9.17, 15) is 67.4 Å². The topological polar surface area (TPSA) is 842 Å². The van der Waals surface area contributed by atoms with Crippen molar-refractivity contribution in [2.75, 3.05) is 73.0 Å². The van der Waals surface area contributed by atoms with Crippen LogP contribution in [0.4, 0.5) is 0 Å². The fourth-order valence-electron chi connectivity index (χ4n) is 10.9. The quantitative estimate of drug-likeness (QED) is 0.0164. The Morgan fingerprint density at radius 2 is 0.626 bits per heavy atom. The molecule has 0 spiro atoms. The first-order chi connectivity index (χ1) is 54.4. The number of nitrogens with zero attached hydrogens (tertiary/aromatic N) is 7. The summed E-state index contributed by atoms with van der Waals surface area (Å²) in [6.45, 7) is 0.712. The van der Waals surface area contributed by atoms with Gasteiger partial charge in [0.1, 0.15) is 66.2 Å². The first kappa shape index (κ1) is 101. The maximum absolute atomic E-state index is 14.9. The number of nitrogens with two attached hydrogens (primary N) is 15. The average molecular weight is 1630 g/mol.